The standard InChI is InChI=1S/C28H45N5O8/c29-26(36)22(16-17-24(34)31-18-8-7-10-23(33-30)28(39)40)32-25(35)11-6-4-2-1-3-5-9-19-41-21-14-12-20(13-15-21)27(37)38/h12-15,22-23,33H,1-11,16-19,30H2,(H2,29,36)(H,31,34)(H,32,35)(H,37,38)(H,39,40)/p+1/t22-,23-/m0/s1. The van der Waals surface area contributed by atoms with E-state index in [4.69, 9.17) is 20.7 Å². The third-order valence-electron chi connectivity index (χ3n) is 6.54. The molecule has 0 spiro atoms. The zero-order valence-corrected chi connectivity index (χ0v) is 23.7. The average molecular weight is 581 g/mol. The summed E-state index contributed by atoms with van der Waals surface area (Å²) in [5.74, 6) is 0.872. The van der Waals surface area contributed by atoms with Crippen molar-refractivity contribution >= 4 is 29.7 Å². The van der Waals surface area contributed by atoms with Gasteiger partial charge in [-0.05, 0) is 62.8 Å². The van der Waals surface area contributed by atoms with Gasteiger partial charge < -0.3 is 31.3 Å². The van der Waals surface area contributed by atoms with Crippen LogP contribution in [0.1, 0.15) is 93.8 Å². The molecule has 0 fully saturated rings. The van der Waals surface area contributed by atoms with Crippen molar-refractivity contribution in [1.82, 2.24) is 16.1 Å². The Balaban J connectivity index is 2.07. The normalized spacial score (nSPS) is 12.2. The molecule has 0 radical (unpaired) electrons. The van der Waals surface area contributed by atoms with E-state index in [-0.39, 0.29) is 36.6 Å². The lowest BCUT2D eigenvalue weighted by molar-refractivity contribution is -0.449. The predicted octanol–water partition coefficient (Wildman–Crippen LogP) is 1.12. The first-order chi connectivity index (χ1) is 19.6. The first-order valence-corrected chi connectivity index (χ1v) is 14.2. The fourth-order valence-electron chi connectivity index (χ4n) is 4.09. The molecular weight excluding hydrogens is 534 g/mol. The summed E-state index contributed by atoms with van der Waals surface area (Å²) in [6, 6.07) is 4.70. The summed E-state index contributed by atoms with van der Waals surface area (Å²) in [7, 11) is 0. The lowest BCUT2D eigenvalue weighted by atomic mass is 10.1. The number of rotatable bonds is 24. The molecule has 0 aliphatic heterocycles. The summed E-state index contributed by atoms with van der Waals surface area (Å²) in [5.41, 5.74) is 8.09. The first kappa shape index (κ1) is 35.3. The molecule has 0 aromatic heterocycles. The second-order valence-electron chi connectivity index (χ2n) is 9.90. The highest BCUT2D eigenvalue weighted by Crippen LogP contribution is 2.14. The molecule has 0 saturated heterocycles. The number of unbranched alkanes of at least 4 members (excludes halogenated alkanes) is 7. The summed E-state index contributed by atoms with van der Waals surface area (Å²) < 4.78 is 5.62. The molecule has 0 saturated carbocycles. The van der Waals surface area contributed by atoms with Crippen LogP contribution in [0.5, 0.6) is 5.75 Å². The second-order valence-corrected chi connectivity index (χ2v) is 9.90. The van der Waals surface area contributed by atoms with Crippen LogP contribution in [0.15, 0.2) is 24.3 Å². The molecule has 2 atom stereocenters. The van der Waals surface area contributed by atoms with Crippen molar-refractivity contribution in [3.8, 4) is 5.75 Å². The van der Waals surface area contributed by atoms with Gasteiger partial charge in [0.15, 0.2) is 6.04 Å². The topological polar surface area (TPSA) is 225 Å². The molecular formula is C28H46N5O8+. The Morgan fingerprint density at radius 3 is 2.00 bits per heavy atom. The van der Waals surface area contributed by atoms with E-state index in [1.54, 1.807) is 12.1 Å². The highest BCUT2D eigenvalue weighted by Gasteiger charge is 2.19. The van der Waals surface area contributed by atoms with E-state index < -0.39 is 29.9 Å². The molecule has 0 heterocycles. The second kappa shape index (κ2) is 21.1. The van der Waals surface area contributed by atoms with Crippen LogP contribution in [0.3, 0.4) is 0 Å². The third-order valence-corrected chi connectivity index (χ3v) is 6.54. The van der Waals surface area contributed by atoms with Gasteiger partial charge >= 0.3 is 11.9 Å². The number of amides is 3. The zero-order valence-electron chi connectivity index (χ0n) is 23.7. The van der Waals surface area contributed by atoms with Crippen LogP contribution in [0.25, 0.3) is 0 Å². The van der Waals surface area contributed by atoms with E-state index in [1.807, 2.05) is 0 Å². The summed E-state index contributed by atoms with van der Waals surface area (Å²) in [5, 5.41) is 23.2. The minimum Gasteiger partial charge on any atom is -0.494 e. The number of aliphatic carboxylic acids is 1. The van der Waals surface area contributed by atoms with Gasteiger partial charge in [0.1, 0.15) is 11.8 Å². The van der Waals surface area contributed by atoms with Crippen LogP contribution in [-0.4, -0.2) is 65.1 Å². The number of hydrogen-bond acceptors (Lipinski definition) is 7. The fourth-order valence-corrected chi connectivity index (χ4v) is 4.09. The highest BCUT2D eigenvalue weighted by molar-refractivity contribution is 5.88. The molecule has 1 rings (SSSR count). The lowest BCUT2D eigenvalue weighted by Gasteiger charge is -2.15. The number of hydrogen-bond donors (Lipinski definition) is 7. The number of benzene rings is 1. The van der Waals surface area contributed by atoms with Gasteiger partial charge in [0.2, 0.25) is 17.7 Å². The molecule has 1 aromatic rings. The van der Waals surface area contributed by atoms with Crippen LogP contribution in [0.4, 0.5) is 0 Å². The van der Waals surface area contributed by atoms with E-state index >= 15 is 0 Å². The number of carboxylic acid groups (broad SMARTS) is 2. The van der Waals surface area contributed by atoms with Gasteiger partial charge in [0, 0.05) is 19.4 Å². The van der Waals surface area contributed by atoms with Gasteiger partial charge in [-0.25, -0.2) is 4.79 Å². The smallest absolute Gasteiger partial charge is 0.335 e. The van der Waals surface area contributed by atoms with Crippen LogP contribution in [-0.2, 0) is 19.2 Å². The van der Waals surface area contributed by atoms with E-state index in [0.717, 1.165) is 38.5 Å². The number of quaternary nitrogens is 1. The molecule has 0 unspecified atom stereocenters. The minimum atomic E-state index is -0.969. The summed E-state index contributed by atoms with van der Waals surface area (Å²) in [6.45, 7) is 0.952. The summed E-state index contributed by atoms with van der Waals surface area (Å²) in [6.07, 6.45) is 8.62. The number of primary amides is 1. The maximum absolute atomic E-state index is 12.2. The Morgan fingerprint density at radius 1 is 0.780 bits per heavy atom. The Hall–Kier alpha value is -3.71. The molecule has 230 valence electrons. The number of nitrogens with one attached hydrogen (secondary N) is 3. The van der Waals surface area contributed by atoms with Crippen LogP contribution >= 0.6 is 0 Å². The third kappa shape index (κ3) is 16.9. The highest BCUT2D eigenvalue weighted by atomic mass is 16.5. The SMILES string of the molecule is NC(=O)[C@H](CCC(=O)NCCCC[C@H](N[NH3+])C(=O)O)NC(=O)CCCCCCCCCOc1ccc(C(=O)O)cc1. The zero-order chi connectivity index (χ0) is 30.5. The molecule has 13 heteroatoms. The lowest BCUT2D eigenvalue weighted by Crippen LogP contribution is -2.70. The summed E-state index contributed by atoms with van der Waals surface area (Å²) in [4.78, 5) is 57.8. The van der Waals surface area contributed by atoms with Crippen molar-refractivity contribution in [2.75, 3.05) is 13.2 Å². The fraction of sp³-hybridized carbons (Fsp3) is 0.607. The Kier molecular flexibility index (Phi) is 18.2. The first-order valence-electron chi connectivity index (χ1n) is 14.2. The Labute approximate surface area is 240 Å². The van der Waals surface area contributed by atoms with Crippen molar-refractivity contribution in [2.45, 2.75) is 95.6 Å². The minimum absolute atomic E-state index is 0.0358. The average Bonchev–Trinajstić information content (AvgIpc) is 2.93. The largest absolute Gasteiger partial charge is 0.494 e. The quantitative estimate of drug-likeness (QED) is 0.0686. The van der Waals surface area contributed by atoms with E-state index in [0.29, 0.717) is 44.6 Å². The predicted molar refractivity (Wildman–Crippen MR) is 150 cm³/mol. The Morgan fingerprint density at radius 2 is 1.41 bits per heavy atom. The number of carbonyl (C=O) groups excluding carboxylic acids is 3. The molecule has 0 aliphatic rings. The van der Waals surface area contributed by atoms with Gasteiger partial charge in [0.25, 0.3) is 0 Å². The van der Waals surface area contributed by atoms with Crippen molar-refractivity contribution < 1.29 is 44.8 Å². The van der Waals surface area contributed by atoms with E-state index in [1.165, 1.54) is 12.1 Å². The van der Waals surface area contributed by atoms with Crippen LogP contribution in [0.2, 0.25) is 0 Å². The number of aromatic carboxylic acids is 1. The van der Waals surface area contributed by atoms with Gasteiger partial charge in [0.05, 0.1) is 12.2 Å². The molecule has 3 amide bonds. The number of carbonyl (C=O) groups is 5. The number of ether oxygens (including phenoxy) is 1. The molecule has 41 heavy (non-hydrogen) atoms. The van der Waals surface area contributed by atoms with Crippen molar-refractivity contribution in [3.63, 3.8) is 0 Å². The number of carboxylic acids is 2. The Bertz CT molecular complexity index is 957. The van der Waals surface area contributed by atoms with Crippen molar-refractivity contribution in [2.24, 2.45) is 5.73 Å². The van der Waals surface area contributed by atoms with E-state index in [2.05, 4.69) is 21.9 Å². The van der Waals surface area contributed by atoms with Gasteiger partial charge in [-0.15, -0.1) is 0 Å². The summed E-state index contributed by atoms with van der Waals surface area (Å²) >= 11 is 0. The van der Waals surface area contributed by atoms with Crippen LogP contribution < -0.4 is 32.4 Å². The van der Waals surface area contributed by atoms with Crippen molar-refractivity contribution in [1.29, 1.82) is 0 Å². The van der Waals surface area contributed by atoms with Gasteiger partial charge in [-0.3, -0.25) is 25.0 Å². The molecule has 0 bridgehead atoms. The maximum atomic E-state index is 12.2. The van der Waals surface area contributed by atoms with E-state index in [9.17, 15) is 24.0 Å². The van der Waals surface area contributed by atoms with Gasteiger partial charge in [-0.1, -0.05) is 32.1 Å². The van der Waals surface area contributed by atoms with Crippen molar-refractivity contribution in [3.05, 3.63) is 29.8 Å². The maximum Gasteiger partial charge on any atom is 0.335 e. The van der Waals surface area contributed by atoms with Gasteiger partial charge in [-0.2, -0.15) is 5.43 Å². The monoisotopic (exact) mass is 580 g/mol. The van der Waals surface area contributed by atoms with Crippen LogP contribution in [0, 0.1) is 0 Å². The molecule has 10 N–H and O–H groups in total. The molecule has 13 nitrogen and oxygen atoms in total. The number of nitrogens with two attached hydrogens (primary N) is 1. The molecule has 0 aliphatic carbocycles. The molecule has 1 aromatic carbocycles.